The first-order valence-electron chi connectivity index (χ1n) is 9.28. The average molecular weight is 476 g/mol. The number of nitrogens with zero attached hydrogens (tertiary/aromatic N) is 2. The lowest BCUT2D eigenvalue weighted by Gasteiger charge is -2.15. The molecule has 1 aromatic carbocycles. The summed E-state index contributed by atoms with van der Waals surface area (Å²) in [5.41, 5.74) is 0.932. The first-order valence-corrected chi connectivity index (χ1v) is 9.28. The van der Waals surface area contributed by atoms with Gasteiger partial charge < -0.3 is 25.0 Å². The minimum atomic E-state index is 0. The first-order chi connectivity index (χ1) is 12.2. The Hall–Kier alpha value is -1.22. The maximum Gasteiger partial charge on any atom is 0.195 e. The molecule has 1 heterocycles. The van der Waals surface area contributed by atoms with Gasteiger partial charge >= 0.3 is 0 Å². The number of anilines is 1. The lowest BCUT2D eigenvalue weighted by Crippen LogP contribution is -2.31. The van der Waals surface area contributed by atoms with Crippen LogP contribution in [0.15, 0.2) is 23.2 Å². The van der Waals surface area contributed by atoms with E-state index in [1.54, 1.807) is 7.11 Å². The number of guanidine groups is 1. The number of likely N-dealkylation sites (tertiary alicyclic amines) is 1. The van der Waals surface area contributed by atoms with Crippen LogP contribution in [0.4, 0.5) is 5.69 Å². The van der Waals surface area contributed by atoms with E-state index >= 15 is 0 Å². The van der Waals surface area contributed by atoms with E-state index in [1.807, 2.05) is 25.1 Å². The smallest absolute Gasteiger partial charge is 0.195 e. The van der Waals surface area contributed by atoms with Gasteiger partial charge in [-0.25, -0.2) is 0 Å². The van der Waals surface area contributed by atoms with Crippen LogP contribution in [-0.2, 0) is 0 Å². The first kappa shape index (κ1) is 22.8. The Morgan fingerprint density at radius 1 is 1.27 bits per heavy atom. The van der Waals surface area contributed by atoms with Crippen molar-refractivity contribution in [3.8, 4) is 11.5 Å². The number of hydrogen-bond acceptors (Lipinski definition) is 4. The molecule has 0 spiro atoms. The standard InChI is InChI=1S/C19H32N4O2.HI/c1-5-20-19(21-13-15-10-11-23(6-2)14-15)22-16-8-9-17(25-7-3)18(12-16)24-4;/h8-9,12,15H,5-7,10-11,13-14H2,1-4H3,(H2,20,21,22);1H. The lowest BCUT2D eigenvalue weighted by molar-refractivity contribution is 0.311. The van der Waals surface area contributed by atoms with Crippen LogP contribution in [0.1, 0.15) is 27.2 Å². The SMILES string of the molecule is CCNC(=NCC1CCN(CC)C1)Nc1ccc(OCC)c(OC)c1.I. The number of benzene rings is 1. The van der Waals surface area contributed by atoms with E-state index in [-0.39, 0.29) is 24.0 Å². The third-order valence-electron chi connectivity index (χ3n) is 4.40. The summed E-state index contributed by atoms with van der Waals surface area (Å²) in [6, 6.07) is 5.84. The molecule has 1 atom stereocenters. The van der Waals surface area contributed by atoms with E-state index in [0.717, 1.165) is 49.3 Å². The Kier molecular flexibility index (Phi) is 10.7. The minimum absolute atomic E-state index is 0. The van der Waals surface area contributed by atoms with Gasteiger partial charge in [0, 0.05) is 31.4 Å². The zero-order valence-electron chi connectivity index (χ0n) is 16.4. The second kappa shape index (κ2) is 12.2. The topological polar surface area (TPSA) is 58.1 Å². The molecule has 0 amide bonds. The van der Waals surface area contributed by atoms with Crippen LogP contribution in [0.2, 0.25) is 0 Å². The summed E-state index contributed by atoms with van der Waals surface area (Å²) in [6.07, 6.45) is 1.23. The van der Waals surface area contributed by atoms with Gasteiger partial charge in [-0.1, -0.05) is 6.92 Å². The highest BCUT2D eigenvalue weighted by Gasteiger charge is 2.20. The van der Waals surface area contributed by atoms with Crippen LogP contribution in [0.3, 0.4) is 0 Å². The molecule has 0 radical (unpaired) electrons. The van der Waals surface area contributed by atoms with E-state index < -0.39 is 0 Å². The largest absolute Gasteiger partial charge is 0.493 e. The summed E-state index contributed by atoms with van der Waals surface area (Å²) >= 11 is 0. The Morgan fingerprint density at radius 2 is 2.08 bits per heavy atom. The second-order valence-electron chi connectivity index (χ2n) is 6.19. The molecule has 1 aromatic rings. The maximum absolute atomic E-state index is 5.57. The Labute approximate surface area is 174 Å². The number of nitrogens with one attached hydrogen (secondary N) is 2. The third kappa shape index (κ3) is 6.83. The maximum atomic E-state index is 5.57. The van der Waals surface area contributed by atoms with Gasteiger partial charge in [-0.2, -0.15) is 0 Å². The fraction of sp³-hybridized carbons (Fsp3) is 0.632. The molecule has 1 aliphatic heterocycles. The molecule has 2 N–H and O–H groups in total. The Bertz CT molecular complexity index is 568. The van der Waals surface area contributed by atoms with Gasteiger partial charge in [0.1, 0.15) is 0 Å². The van der Waals surface area contributed by atoms with Crippen molar-refractivity contribution in [2.24, 2.45) is 10.9 Å². The summed E-state index contributed by atoms with van der Waals surface area (Å²) < 4.78 is 11.0. The molecule has 1 saturated heterocycles. The van der Waals surface area contributed by atoms with Crippen molar-refractivity contribution < 1.29 is 9.47 Å². The predicted octanol–water partition coefficient (Wildman–Crippen LogP) is 3.43. The molecule has 2 rings (SSSR count). The molecule has 1 fully saturated rings. The summed E-state index contributed by atoms with van der Waals surface area (Å²) in [5.74, 6) is 2.93. The quantitative estimate of drug-likeness (QED) is 0.342. The molecule has 6 nitrogen and oxygen atoms in total. The van der Waals surface area contributed by atoms with Crippen molar-refractivity contribution >= 4 is 35.6 Å². The molecule has 7 heteroatoms. The zero-order valence-corrected chi connectivity index (χ0v) is 18.7. The van der Waals surface area contributed by atoms with Gasteiger partial charge in [-0.15, -0.1) is 24.0 Å². The Balaban J connectivity index is 0.00000338. The lowest BCUT2D eigenvalue weighted by atomic mass is 10.1. The minimum Gasteiger partial charge on any atom is -0.493 e. The molecular weight excluding hydrogens is 443 g/mol. The van der Waals surface area contributed by atoms with Crippen LogP contribution < -0.4 is 20.1 Å². The Morgan fingerprint density at radius 3 is 2.69 bits per heavy atom. The van der Waals surface area contributed by atoms with Crippen molar-refractivity contribution in [2.75, 3.05) is 51.8 Å². The van der Waals surface area contributed by atoms with E-state index in [1.165, 1.54) is 13.0 Å². The van der Waals surface area contributed by atoms with E-state index in [4.69, 9.17) is 14.5 Å². The van der Waals surface area contributed by atoms with Crippen LogP contribution in [-0.4, -0.2) is 57.3 Å². The van der Waals surface area contributed by atoms with E-state index in [0.29, 0.717) is 12.5 Å². The normalized spacial score (nSPS) is 17.5. The summed E-state index contributed by atoms with van der Waals surface area (Å²) in [4.78, 5) is 7.25. The zero-order chi connectivity index (χ0) is 18.1. The molecule has 1 unspecified atom stereocenters. The summed E-state index contributed by atoms with van der Waals surface area (Å²) in [5, 5.41) is 6.67. The van der Waals surface area contributed by atoms with Gasteiger partial charge in [0.2, 0.25) is 0 Å². The summed E-state index contributed by atoms with van der Waals surface area (Å²) in [7, 11) is 1.65. The van der Waals surface area contributed by atoms with Crippen molar-refractivity contribution in [2.45, 2.75) is 27.2 Å². The fourth-order valence-corrected chi connectivity index (χ4v) is 3.03. The van der Waals surface area contributed by atoms with Crippen molar-refractivity contribution in [1.82, 2.24) is 10.2 Å². The van der Waals surface area contributed by atoms with Gasteiger partial charge in [-0.3, -0.25) is 4.99 Å². The molecule has 0 aliphatic carbocycles. The van der Waals surface area contributed by atoms with E-state index in [9.17, 15) is 0 Å². The number of halogens is 1. The average Bonchev–Trinajstić information content (AvgIpc) is 3.09. The summed E-state index contributed by atoms with van der Waals surface area (Å²) in [6.45, 7) is 12.0. The molecule has 1 aliphatic rings. The van der Waals surface area contributed by atoms with Crippen molar-refractivity contribution in [3.63, 3.8) is 0 Å². The van der Waals surface area contributed by atoms with Crippen molar-refractivity contribution in [3.05, 3.63) is 18.2 Å². The van der Waals surface area contributed by atoms with Gasteiger partial charge in [0.15, 0.2) is 17.5 Å². The molecule has 148 valence electrons. The predicted molar refractivity (Wildman–Crippen MR) is 119 cm³/mol. The molecule has 0 aromatic heterocycles. The molecule has 0 saturated carbocycles. The number of rotatable bonds is 8. The highest BCUT2D eigenvalue weighted by molar-refractivity contribution is 14.0. The highest BCUT2D eigenvalue weighted by Crippen LogP contribution is 2.30. The van der Waals surface area contributed by atoms with Gasteiger partial charge in [-0.05, 0) is 51.4 Å². The van der Waals surface area contributed by atoms with Gasteiger partial charge in [0.05, 0.1) is 13.7 Å². The highest BCUT2D eigenvalue weighted by atomic mass is 127. The van der Waals surface area contributed by atoms with Gasteiger partial charge in [0.25, 0.3) is 0 Å². The van der Waals surface area contributed by atoms with Crippen LogP contribution in [0.25, 0.3) is 0 Å². The molecule has 0 bridgehead atoms. The number of aliphatic imine (C=N–C) groups is 1. The molecular formula is C19H33IN4O2. The van der Waals surface area contributed by atoms with Crippen LogP contribution in [0, 0.1) is 5.92 Å². The monoisotopic (exact) mass is 476 g/mol. The number of hydrogen-bond donors (Lipinski definition) is 2. The fourth-order valence-electron chi connectivity index (χ4n) is 3.03. The van der Waals surface area contributed by atoms with Crippen LogP contribution in [0.5, 0.6) is 11.5 Å². The van der Waals surface area contributed by atoms with E-state index in [2.05, 4.69) is 29.4 Å². The number of ether oxygens (including phenoxy) is 2. The molecule has 26 heavy (non-hydrogen) atoms. The number of methoxy groups -OCH3 is 1. The third-order valence-corrected chi connectivity index (χ3v) is 4.40. The second-order valence-corrected chi connectivity index (χ2v) is 6.19. The van der Waals surface area contributed by atoms with Crippen molar-refractivity contribution in [1.29, 1.82) is 0 Å². The van der Waals surface area contributed by atoms with Crippen LogP contribution >= 0.6 is 24.0 Å².